The number of aliphatic hydroxyl groups is 1. The van der Waals surface area contributed by atoms with E-state index in [4.69, 9.17) is 11.6 Å². The van der Waals surface area contributed by atoms with Gasteiger partial charge in [-0.15, -0.1) is 0 Å². The third kappa shape index (κ3) is 3.22. The van der Waals surface area contributed by atoms with Crippen molar-refractivity contribution in [1.82, 2.24) is 14.7 Å². The molecule has 1 aromatic heterocycles. The summed E-state index contributed by atoms with van der Waals surface area (Å²) in [6, 6.07) is 0. The molecule has 2 rings (SSSR count). The van der Waals surface area contributed by atoms with Crippen LogP contribution in [0.2, 0.25) is 5.15 Å². The Morgan fingerprint density at radius 3 is 2.80 bits per heavy atom. The molecular weight excluding hydrogens is 278 g/mol. The largest absolute Gasteiger partial charge is 0.388 e. The molecule has 1 aliphatic rings. The molecule has 0 aliphatic carbocycles. The molecule has 0 aromatic carbocycles. The zero-order valence-corrected chi connectivity index (χ0v) is 12.8. The van der Waals surface area contributed by atoms with Crippen LogP contribution in [0.15, 0.2) is 6.08 Å². The first-order chi connectivity index (χ1) is 9.30. The molecule has 1 aliphatic heterocycles. The Balaban J connectivity index is 2.09. The van der Waals surface area contributed by atoms with Gasteiger partial charge in [0.2, 0.25) is 5.91 Å². The summed E-state index contributed by atoms with van der Waals surface area (Å²) in [6.45, 7) is 4.66. The molecule has 110 valence electrons. The second-order valence-electron chi connectivity index (χ2n) is 5.61. The Bertz CT molecular complexity index is 549. The van der Waals surface area contributed by atoms with E-state index in [1.54, 1.807) is 29.6 Å². The maximum atomic E-state index is 12.1. The van der Waals surface area contributed by atoms with Crippen molar-refractivity contribution in [3.63, 3.8) is 0 Å². The molecule has 0 bridgehead atoms. The van der Waals surface area contributed by atoms with E-state index in [0.29, 0.717) is 18.2 Å². The molecule has 1 aromatic rings. The maximum Gasteiger partial charge on any atom is 0.246 e. The van der Waals surface area contributed by atoms with Crippen LogP contribution >= 0.6 is 11.6 Å². The molecule has 1 saturated heterocycles. The summed E-state index contributed by atoms with van der Waals surface area (Å²) in [4.78, 5) is 13.8. The summed E-state index contributed by atoms with van der Waals surface area (Å²) >= 11 is 6.11. The normalized spacial score (nSPS) is 23.6. The minimum Gasteiger partial charge on any atom is -0.388 e. The fourth-order valence-electron chi connectivity index (χ4n) is 2.50. The first-order valence-corrected chi connectivity index (χ1v) is 7.06. The van der Waals surface area contributed by atoms with E-state index in [0.717, 1.165) is 24.1 Å². The van der Waals surface area contributed by atoms with Crippen LogP contribution in [0.5, 0.6) is 0 Å². The molecule has 0 radical (unpaired) electrons. The van der Waals surface area contributed by atoms with Crippen LogP contribution in [-0.2, 0) is 11.8 Å². The Morgan fingerprint density at radius 2 is 2.25 bits per heavy atom. The molecule has 1 atom stereocenters. The van der Waals surface area contributed by atoms with E-state index >= 15 is 0 Å². The number of carbonyl (C=O) groups is 1. The van der Waals surface area contributed by atoms with Gasteiger partial charge in [0.25, 0.3) is 0 Å². The van der Waals surface area contributed by atoms with Gasteiger partial charge in [0.05, 0.1) is 11.3 Å². The number of halogens is 1. The maximum absolute atomic E-state index is 12.1. The number of aromatic nitrogens is 2. The average molecular weight is 298 g/mol. The lowest BCUT2D eigenvalue weighted by Crippen LogP contribution is -2.48. The Kier molecular flexibility index (Phi) is 4.20. The van der Waals surface area contributed by atoms with Crippen LogP contribution in [0.1, 0.15) is 31.0 Å². The van der Waals surface area contributed by atoms with Gasteiger partial charge in [-0.05, 0) is 32.8 Å². The first-order valence-electron chi connectivity index (χ1n) is 6.68. The fraction of sp³-hybridized carbons (Fsp3) is 0.571. The van der Waals surface area contributed by atoms with Gasteiger partial charge in [0, 0.05) is 31.8 Å². The van der Waals surface area contributed by atoms with E-state index in [2.05, 4.69) is 5.10 Å². The highest BCUT2D eigenvalue weighted by Crippen LogP contribution is 2.22. The topological polar surface area (TPSA) is 58.4 Å². The summed E-state index contributed by atoms with van der Waals surface area (Å²) in [5.41, 5.74) is 0.752. The van der Waals surface area contributed by atoms with Gasteiger partial charge in [-0.1, -0.05) is 11.6 Å². The van der Waals surface area contributed by atoms with Gasteiger partial charge in [-0.25, -0.2) is 0 Å². The van der Waals surface area contributed by atoms with Crippen LogP contribution in [0.25, 0.3) is 6.08 Å². The molecule has 1 fully saturated rings. The van der Waals surface area contributed by atoms with Gasteiger partial charge in [-0.2, -0.15) is 5.10 Å². The van der Waals surface area contributed by atoms with Crippen LogP contribution in [0.3, 0.4) is 0 Å². The van der Waals surface area contributed by atoms with Crippen molar-refractivity contribution >= 4 is 23.6 Å². The predicted molar refractivity (Wildman–Crippen MR) is 78.4 cm³/mol. The van der Waals surface area contributed by atoms with Crippen LogP contribution in [0.4, 0.5) is 0 Å². The van der Waals surface area contributed by atoms with E-state index < -0.39 is 5.60 Å². The van der Waals surface area contributed by atoms with Gasteiger partial charge >= 0.3 is 0 Å². The second kappa shape index (κ2) is 5.58. The highest BCUT2D eigenvalue weighted by Gasteiger charge is 2.30. The number of β-amino-alcohol motifs (C(OH)–C–C–N with tert-alkyl or cyclic N) is 1. The van der Waals surface area contributed by atoms with E-state index in [1.807, 2.05) is 6.92 Å². The second-order valence-corrected chi connectivity index (χ2v) is 5.97. The summed E-state index contributed by atoms with van der Waals surface area (Å²) in [5, 5.41) is 14.7. The molecule has 2 heterocycles. The minimum atomic E-state index is -0.788. The van der Waals surface area contributed by atoms with Gasteiger partial charge in [-0.3, -0.25) is 9.48 Å². The third-order valence-corrected chi connectivity index (χ3v) is 4.02. The molecule has 5 nitrogen and oxygen atoms in total. The van der Waals surface area contributed by atoms with Crippen LogP contribution in [0, 0.1) is 6.92 Å². The zero-order chi connectivity index (χ0) is 14.9. The first kappa shape index (κ1) is 15.1. The lowest BCUT2D eigenvalue weighted by Gasteiger charge is -2.36. The van der Waals surface area contributed by atoms with E-state index in [9.17, 15) is 9.90 Å². The molecule has 1 amide bonds. The number of hydrogen-bond donors (Lipinski definition) is 1. The van der Waals surface area contributed by atoms with Crippen molar-refractivity contribution < 1.29 is 9.90 Å². The summed E-state index contributed by atoms with van der Waals surface area (Å²) < 4.78 is 1.58. The monoisotopic (exact) mass is 297 g/mol. The standard InChI is InChI=1S/C14H20ClN3O2/c1-10-11(13(15)17(3)16-10)5-6-12(19)18-8-4-7-14(2,20)9-18/h5-6,20H,4,7-9H2,1-3H3/b6-5+. The number of aryl methyl sites for hydroxylation is 2. The number of nitrogens with zero attached hydrogens (tertiary/aromatic N) is 3. The van der Waals surface area contributed by atoms with Crippen LogP contribution in [-0.4, -0.2) is 44.4 Å². The number of hydrogen-bond acceptors (Lipinski definition) is 3. The number of rotatable bonds is 2. The van der Waals surface area contributed by atoms with Crippen molar-refractivity contribution in [3.8, 4) is 0 Å². The number of likely N-dealkylation sites (tertiary alicyclic amines) is 1. The van der Waals surface area contributed by atoms with Crippen molar-refractivity contribution in [2.75, 3.05) is 13.1 Å². The molecule has 6 heteroatoms. The average Bonchev–Trinajstić information content (AvgIpc) is 2.60. The zero-order valence-electron chi connectivity index (χ0n) is 12.1. The molecule has 0 spiro atoms. The smallest absolute Gasteiger partial charge is 0.246 e. The number of piperidine rings is 1. The van der Waals surface area contributed by atoms with E-state index in [-0.39, 0.29) is 5.91 Å². The van der Waals surface area contributed by atoms with Crippen molar-refractivity contribution in [2.45, 2.75) is 32.3 Å². The summed E-state index contributed by atoms with van der Waals surface area (Å²) in [7, 11) is 1.76. The van der Waals surface area contributed by atoms with Crippen LogP contribution < -0.4 is 0 Å². The summed E-state index contributed by atoms with van der Waals surface area (Å²) in [6.07, 6.45) is 4.74. The van der Waals surface area contributed by atoms with Crippen molar-refractivity contribution in [3.05, 3.63) is 22.5 Å². The lowest BCUT2D eigenvalue weighted by molar-refractivity contribution is -0.132. The third-order valence-electron chi connectivity index (χ3n) is 3.58. The SMILES string of the molecule is Cc1nn(C)c(Cl)c1/C=C/C(=O)N1CCCC(C)(O)C1. The van der Waals surface area contributed by atoms with E-state index in [1.165, 1.54) is 6.08 Å². The molecule has 20 heavy (non-hydrogen) atoms. The summed E-state index contributed by atoms with van der Waals surface area (Å²) in [5.74, 6) is -0.107. The number of carbonyl (C=O) groups excluding carboxylic acids is 1. The van der Waals surface area contributed by atoms with Crippen molar-refractivity contribution in [2.24, 2.45) is 7.05 Å². The Labute approximate surface area is 123 Å². The predicted octanol–water partition coefficient (Wildman–Crippen LogP) is 1.77. The molecule has 1 N–H and O–H groups in total. The highest BCUT2D eigenvalue weighted by atomic mass is 35.5. The number of amides is 1. The highest BCUT2D eigenvalue weighted by molar-refractivity contribution is 6.31. The molecule has 1 unspecified atom stereocenters. The van der Waals surface area contributed by atoms with Gasteiger partial charge in [0.15, 0.2) is 0 Å². The fourth-order valence-corrected chi connectivity index (χ4v) is 2.74. The Morgan fingerprint density at radius 1 is 1.55 bits per heavy atom. The lowest BCUT2D eigenvalue weighted by atomic mass is 9.95. The Hall–Kier alpha value is -1.33. The molecule has 0 saturated carbocycles. The van der Waals surface area contributed by atoms with Crippen molar-refractivity contribution in [1.29, 1.82) is 0 Å². The van der Waals surface area contributed by atoms with Gasteiger partial charge < -0.3 is 10.0 Å². The quantitative estimate of drug-likeness (QED) is 0.847. The molecular formula is C14H20ClN3O2. The minimum absolute atomic E-state index is 0.107. The van der Waals surface area contributed by atoms with Gasteiger partial charge in [0.1, 0.15) is 5.15 Å².